The third-order valence-corrected chi connectivity index (χ3v) is 5.09. The Morgan fingerprint density at radius 1 is 0.969 bits per heavy atom. The summed E-state index contributed by atoms with van der Waals surface area (Å²) >= 11 is 6.06. The zero-order chi connectivity index (χ0) is 22.8. The fourth-order valence-electron chi connectivity index (χ4n) is 3.36. The van der Waals surface area contributed by atoms with E-state index in [1.54, 1.807) is 42.5 Å². The molecule has 0 saturated heterocycles. The van der Waals surface area contributed by atoms with Crippen molar-refractivity contribution in [3.63, 3.8) is 0 Å². The number of ether oxygens (including phenoxy) is 1. The minimum atomic E-state index is -0.576. The number of nitrogens with zero attached hydrogens (tertiary/aromatic N) is 2. The average molecular weight is 450 g/mol. The number of nitro groups is 1. The van der Waals surface area contributed by atoms with Crippen LogP contribution in [0.15, 0.2) is 78.5 Å². The second-order valence-corrected chi connectivity index (χ2v) is 7.27. The number of hydrogen-bond donors (Lipinski definition) is 1. The van der Waals surface area contributed by atoms with E-state index in [0.29, 0.717) is 27.7 Å². The molecule has 0 radical (unpaired) electrons. The van der Waals surface area contributed by atoms with E-state index in [1.165, 1.54) is 37.4 Å². The first-order chi connectivity index (χ1) is 15.4. The van der Waals surface area contributed by atoms with Gasteiger partial charge in [-0.05, 0) is 48.0 Å². The molecular formula is C23H16ClN3O5. The van der Waals surface area contributed by atoms with Gasteiger partial charge in [0.15, 0.2) is 0 Å². The lowest BCUT2D eigenvalue weighted by molar-refractivity contribution is -0.384. The number of carbonyl (C=O) groups is 2. The first-order valence-corrected chi connectivity index (χ1v) is 9.81. The molecule has 4 rings (SSSR count). The van der Waals surface area contributed by atoms with Gasteiger partial charge in [0, 0.05) is 28.9 Å². The number of hydrogen-bond acceptors (Lipinski definition) is 6. The van der Waals surface area contributed by atoms with E-state index >= 15 is 0 Å². The molecule has 0 atom stereocenters. The molecule has 3 aromatic rings. The third kappa shape index (κ3) is 3.91. The standard InChI is InChI=1S/C23H16ClN3O5/c1-32-19-7-3-5-16(13-19)25-21-20(14-8-10-17(11-9-14)27(30)31)22(28)26(23(21)29)18-6-2-4-15(24)12-18/h2-13,25H,1H3. The number of anilines is 2. The fraction of sp³-hybridized carbons (Fsp3) is 0.0435. The molecular weight excluding hydrogens is 434 g/mol. The Balaban J connectivity index is 1.82. The molecule has 0 saturated carbocycles. The van der Waals surface area contributed by atoms with Crippen molar-refractivity contribution in [2.75, 3.05) is 17.3 Å². The first kappa shape index (κ1) is 21.1. The number of halogens is 1. The Morgan fingerprint density at radius 3 is 2.34 bits per heavy atom. The zero-order valence-electron chi connectivity index (χ0n) is 16.7. The van der Waals surface area contributed by atoms with E-state index in [-0.39, 0.29) is 17.0 Å². The number of non-ortho nitro benzene ring substituents is 1. The second-order valence-electron chi connectivity index (χ2n) is 6.84. The SMILES string of the molecule is COc1cccc(NC2=C(c3ccc([N+](=O)[O-])cc3)C(=O)N(c3cccc(Cl)c3)C2=O)c1. The Kier molecular flexibility index (Phi) is 5.61. The van der Waals surface area contributed by atoms with E-state index in [1.807, 2.05) is 0 Å². The van der Waals surface area contributed by atoms with Crippen molar-refractivity contribution in [2.24, 2.45) is 0 Å². The maximum absolute atomic E-state index is 13.4. The zero-order valence-corrected chi connectivity index (χ0v) is 17.5. The summed E-state index contributed by atoms with van der Waals surface area (Å²) in [4.78, 5) is 38.2. The molecule has 1 aliphatic heterocycles. The van der Waals surface area contributed by atoms with Crippen LogP contribution in [0.3, 0.4) is 0 Å². The van der Waals surface area contributed by atoms with Gasteiger partial charge in [0.2, 0.25) is 0 Å². The second kappa shape index (κ2) is 8.52. The molecule has 9 heteroatoms. The molecule has 0 bridgehead atoms. The lowest BCUT2D eigenvalue weighted by atomic mass is 10.0. The number of nitrogens with one attached hydrogen (secondary N) is 1. The van der Waals surface area contributed by atoms with Crippen LogP contribution in [0.2, 0.25) is 5.02 Å². The fourth-order valence-corrected chi connectivity index (χ4v) is 3.54. The predicted molar refractivity (Wildman–Crippen MR) is 121 cm³/mol. The van der Waals surface area contributed by atoms with Crippen molar-refractivity contribution in [2.45, 2.75) is 0 Å². The molecule has 0 fully saturated rings. The van der Waals surface area contributed by atoms with Crippen LogP contribution in [-0.2, 0) is 9.59 Å². The van der Waals surface area contributed by atoms with E-state index in [2.05, 4.69) is 5.32 Å². The highest BCUT2D eigenvalue weighted by molar-refractivity contribution is 6.46. The monoisotopic (exact) mass is 449 g/mol. The molecule has 2 amide bonds. The number of benzene rings is 3. The lowest BCUT2D eigenvalue weighted by Crippen LogP contribution is -2.32. The molecule has 8 nitrogen and oxygen atoms in total. The molecule has 32 heavy (non-hydrogen) atoms. The molecule has 1 aliphatic rings. The van der Waals surface area contributed by atoms with Crippen LogP contribution in [-0.4, -0.2) is 23.8 Å². The van der Waals surface area contributed by atoms with Gasteiger partial charge in [0.05, 0.1) is 23.3 Å². The summed E-state index contributed by atoms with van der Waals surface area (Å²) in [6, 6.07) is 18.7. The molecule has 3 aromatic carbocycles. The number of carbonyl (C=O) groups excluding carboxylic acids is 2. The van der Waals surface area contributed by atoms with Gasteiger partial charge in [0.1, 0.15) is 11.4 Å². The van der Waals surface area contributed by atoms with Gasteiger partial charge in [-0.15, -0.1) is 0 Å². The summed E-state index contributed by atoms with van der Waals surface area (Å²) in [5, 5.41) is 14.4. The van der Waals surface area contributed by atoms with E-state index in [4.69, 9.17) is 16.3 Å². The van der Waals surface area contributed by atoms with Crippen molar-refractivity contribution in [3.8, 4) is 5.75 Å². The largest absolute Gasteiger partial charge is 0.497 e. The Hall–Kier alpha value is -4.17. The van der Waals surface area contributed by atoms with E-state index < -0.39 is 16.7 Å². The average Bonchev–Trinajstić information content (AvgIpc) is 3.03. The smallest absolute Gasteiger partial charge is 0.282 e. The molecule has 0 aliphatic carbocycles. The molecule has 0 aromatic heterocycles. The van der Waals surface area contributed by atoms with Gasteiger partial charge in [-0.25, -0.2) is 4.90 Å². The molecule has 160 valence electrons. The van der Waals surface area contributed by atoms with Crippen LogP contribution < -0.4 is 15.0 Å². The first-order valence-electron chi connectivity index (χ1n) is 9.43. The predicted octanol–water partition coefficient (Wildman–Crippen LogP) is 4.65. The highest BCUT2D eigenvalue weighted by atomic mass is 35.5. The molecule has 0 spiro atoms. The van der Waals surface area contributed by atoms with Gasteiger partial charge in [0.25, 0.3) is 17.5 Å². The van der Waals surface area contributed by atoms with Crippen LogP contribution in [0, 0.1) is 10.1 Å². The van der Waals surface area contributed by atoms with Gasteiger partial charge in [-0.3, -0.25) is 19.7 Å². The maximum atomic E-state index is 13.4. The molecule has 0 unspecified atom stereocenters. The quantitative estimate of drug-likeness (QED) is 0.334. The highest BCUT2D eigenvalue weighted by Gasteiger charge is 2.40. The van der Waals surface area contributed by atoms with Crippen molar-refractivity contribution in [3.05, 3.63) is 99.2 Å². The summed E-state index contributed by atoms with van der Waals surface area (Å²) in [7, 11) is 1.52. The van der Waals surface area contributed by atoms with Crippen LogP contribution >= 0.6 is 11.6 Å². The summed E-state index contributed by atoms with van der Waals surface area (Å²) < 4.78 is 5.22. The number of nitro benzene ring substituents is 1. The highest BCUT2D eigenvalue weighted by Crippen LogP contribution is 2.35. The van der Waals surface area contributed by atoms with E-state index in [0.717, 1.165) is 4.90 Å². The normalized spacial score (nSPS) is 13.5. The topological polar surface area (TPSA) is 102 Å². The van der Waals surface area contributed by atoms with Gasteiger partial charge in [-0.2, -0.15) is 0 Å². The molecule has 1 heterocycles. The minimum Gasteiger partial charge on any atom is -0.497 e. The Bertz CT molecular complexity index is 1270. The number of amides is 2. The maximum Gasteiger partial charge on any atom is 0.282 e. The number of methoxy groups -OCH3 is 1. The summed E-state index contributed by atoms with van der Waals surface area (Å²) in [6.45, 7) is 0. The van der Waals surface area contributed by atoms with Gasteiger partial charge in [-0.1, -0.05) is 23.7 Å². The Morgan fingerprint density at radius 2 is 1.69 bits per heavy atom. The summed E-state index contributed by atoms with van der Waals surface area (Å²) in [6.07, 6.45) is 0. The van der Waals surface area contributed by atoms with Crippen LogP contribution in [0.25, 0.3) is 5.57 Å². The van der Waals surface area contributed by atoms with Crippen LogP contribution in [0.4, 0.5) is 17.1 Å². The van der Waals surface area contributed by atoms with Crippen molar-refractivity contribution < 1.29 is 19.2 Å². The summed E-state index contributed by atoms with van der Waals surface area (Å²) in [5.74, 6) is -0.582. The van der Waals surface area contributed by atoms with Gasteiger partial charge < -0.3 is 10.1 Å². The minimum absolute atomic E-state index is 0.0390. The van der Waals surface area contributed by atoms with Gasteiger partial charge >= 0.3 is 0 Å². The van der Waals surface area contributed by atoms with Crippen LogP contribution in [0.1, 0.15) is 5.56 Å². The van der Waals surface area contributed by atoms with Crippen molar-refractivity contribution in [1.82, 2.24) is 0 Å². The lowest BCUT2D eigenvalue weighted by Gasteiger charge is -2.15. The summed E-state index contributed by atoms with van der Waals surface area (Å²) in [5.41, 5.74) is 1.22. The van der Waals surface area contributed by atoms with Crippen molar-refractivity contribution >= 4 is 46.1 Å². The van der Waals surface area contributed by atoms with Crippen LogP contribution in [0.5, 0.6) is 5.75 Å². The molecule has 1 N–H and O–H groups in total. The number of rotatable bonds is 6. The Labute approximate surface area is 187 Å². The van der Waals surface area contributed by atoms with Crippen molar-refractivity contribution in [1.29, 1.82) is 0 Å². The van der Waals surface area contributed by atoms with E-state index in [9.17, 15) is 19.7 Å². The number of imide groups is 1. The third-order valence-electron chi connectivity index (χ3n) is 4.86.